The van der Waals surface area contributed by atoms with Gasteiger partial charge in [-0.25, -0.2) is 14.6 Å². The predicted molar refractivity (Wildman–Crippen MR) is 115 cm³/mol. The number of hydrogen-bond acceptors (Lipinski definition) is 5. The molecule has 0 bridgehead atoms. The fourth-order valence-corrected chi connectivity index (χ4v) is 2.60. The molecule has 0 saturated carbocycles. The monoisotopic (exact) mass is 409 g/mol. The summed E-state index contributed by atoms with van der Waals surface area (Å²) in [6.07, 6.45) is 7.06. The molecular formula is C24H27NO5. The van der Waals surface area contributed by atoms with E-state index >= 15 is 0 Å². The largest absolute Gasteiger partial charge is 0.486 e. The molecule has 1 aromatic heterocycles. The van der Waals surface area contributed by atoms with E-state index in [1.807, 2.05) is 43.3 Å². The van der Waals surface area contributed by atoms with Crippen molar-refractivity contribution in [2.45, 2.75) is 40.2 Å². The van der Waals surface area contributed by atoms with Crippen LogP contribution >= 0.6 is 0 Å². The maximum absolute atomic E-state index is 12.3. The van der Waals surface area contributed by atoms with Gasteiger partial charge in [-0.1, -0.05) is 47.6 Å². The second-order valence-electron chi connectivity index (χ2n) is 7.12. The molecule has 6 heteroatoms. The van der Waals surface area contributed by atoms with Crippen LogP contribution in [0.1, 0.15) is 60.0 Å². The second kappa shape index (κ2) is 11.6. The number of carbonyl (C=O) groups is 2. The highest BCUT2D eigenvalue weighted by Gasteiger charge is 2.18. The second-order valence-corrected chi connectivity index (χ2v) is 7.12. The summed E-state index contributed by atoms with van der Waals surface area (Å²) in [4.78, 5) is 27.6. The molecule has 0 spiro atoms. The highest BCUT2D eigenvalue weighted by Crippen LogP contribution is 2.20. The number of ether oxygens (including phenoxy) is 2. The van der Waals surface area contributed by atoms with Crippen LogP contribution < -0.4 is 4.74 Å². The van der Waals surface area contributed by atoms with Crippen molar-refractivity contribution in [1.29, 1.82) is 0 Å². The Kier molecular flexibility index (Phi) is 8.81. The number of esters is 1. The van der Waals surface area contributed by atoms with E-state index in [0.717, 1.165) is 24.0 Å². The van der Waals surface area contributed by atoms with E-state index in [0.29, 0.717) is 0 Å². The van der Waals surface area contributed by atoms with Crippen molar-refractivity contribution < 1.29 is 24.2 Å². The van der Waals surface area contributed by atoms with E-state index in [1.165, 1.54) is 17.8 Å². The minimum Gasteiger partial charge on any atom is -0.486 e. The summed E-state index contributed by atoms with van der Waals surface area (Å²) >= 11 is 0. The van der Waals surface area contributed by atoms with Crippen LogP contribution in [-0.4, -0.2) is 28.6 Å². The lowest BCUT2D eigenvalue weighted by Gasteiger charge is -2.10. The summed E-state index contributed by atoms with van der Waals surface area (Å²) in [5, 5.41) is 9.33. The molecule has 0 saturated heterocycles. The van der Waals surface area contributed by atoms with Crippen molar-refractivity contribution in [2.24, 2.45) is 0 Å². The van der Waals surface area contributed by atoms with E-state index < -0.39 is 11.9 Å². The Morgan fingerprint density at radius 1 is 1.10 bits per heavy atom. The number of aromatic nitrogens is 1. The Morgan fingerprint density at radius 2 is 1.83 bits per heavy atom. The van der Waals surface area contributed by atoms with E-state index in [-0.39, 0.29) is 30.2 Å². The van der Waals surface area contributed by atoms with Crippen LogP contribution in [0.2, 0.25) is 0 Å². The summed E-state index contributed by atoms with van der Waals surface area (Å²) in [5.41, 5.74) is 3.16. The van der Waals surface area contributed by atoms with Crippen LogP contribution in [-0.2, 0) is 11.3 Å². The quantitative estimate of drug-likeness (QED) is 0.428. The zero-order valence-electron chi connectivity index (χ0n) is 17.6. The molecule has 30 heavy (non-hydrogen) atoms. The van der Waals surface area contributed by atoms with Crippen molar-refractivity contribution >= 4 is 11.9 Å². The fraction of sp³-hybridized carbons (Fsp3) is 0.292. The SMILES string of the molecule is CC(C)=CCC/C(C)=C/COC(=O)c1cnc(C(=O)O)c(OCc2ccccc2)c1. The maximum Gasteiger partial charge on any atom is 0.358 e. The van der Waals surface area contributed by atoms with Crippen LogP contribution in [0, 0.1) is 0 Å². The molecule has 158 valence electrons. The molecule has 0 atom stereocenters. The molecule has 0 unspecified atom stereocenters. The minimum absolute atomic E-state index is 0.0225. The number of benzene rings is 1. The Morgan fingerprint density at radius 3 is 2.50 bits per heavy atom. The van der Waals surface area contributed by atoms with Gasteiger partial charge in [0.2, 0.25) is 0 Å². The number of nitrogens with zero attached hydrogens (tertiary/aromatic N) is 1. The average molecular weight is 409 g/mol. The highest BCUT2D eigenvalue weighted by atomic mass is 16.5. The maximum atomic E-state index is 12.3. The molecule has 0 fully saturated rings. The van der Waals surface area contributed by atoms with Crippen LogP contribution in [0.3, 0.4) is 0 Å². The fourth-order valence-electron chi connectivity index (χ4n) is 2.60. The first-order valence-corrected chi connectivity index (χ1v) is 9.73. The zero-order chi connectivity index (χ0) is 21.9. The number of carboxylic acids is 1. The van der Waals surface area contributed by atoms with Crippen molar-refractivity contribution in [3.05, 3.63) is 82.7 Å². The number of rotatable bonds is 10. The Labute approximate surface area is 176 Å². The number of pyridine rings is 1. The van der Waals surface area contributed by atoms with Crippen molar-refractivity contribution in [1.82, 2.24) is 4.98 Å². The summed E-state index contributed by atoms with van der Waals surface area (Å²) in [7, 11) is 0. The first kappa shape index (κ1) is 22.9. The predicted octanol–water partition coefficient (Wildman–Crippen LogP) is 5.21. The molecule has 0 aliphatic rings. The molecule has 2 aromatic rings. The molecule has 0 amide bonds. The van der Waals surface area contributed by atoms with Gasteiger partial charge in [0.15, 0.2) is 11.4 Å². The molecule has 0 aliphatic carbocycles. The first-order valence-electron chi connectivity index (χ1n) is 9.73. The topological polar surface area (TPSA) is 85.7 Å². The summed E-state index contributed by atoms with van der Waals surface area (Å²) in [5.74, 6) is -1.79. The Bertz CT molecular complexity index is 928. The van der Waals surface area contributed by atoms with Crippen LogP contribution in [0.4, 0.5) is 0 Å². The van der Waals surface area contributed by atoms with Gasteiger partial charge in [0.05, 0.1) is 5.56 Å². The molecule has 0 radical (unpaired) electrons. The zero-order valence-corrected chi connectivity index (χ0v) is 17.6. The van der Waals surface area contributed by atoms with Crippen LogP contribution in [0.25, 0.3) is 0 Å². The Hall–Kier alpha value is -3.41. The van der Waals surface area contributed by atoms with Gasteiger partial charge in [-0.2, -0.15) is 0 Å². The van der Waals surface area contributed by atoms with Gasteiger partial charge in [0.25, 0.3) is 0 Å². The van der Waals surface area contributed by atoms with E-state index in [9.17, 15) is 14.7 Å². The number of allylic oxidation sites excluding steroid dienone is 3. The van der Waals surface area contributed by atoms with Gasteiger partial charge in [-0.15, -0.1) is 0 Å². The average Bonchev–Trinajstić information content (AvgIpc) is 2.72. The van der Waals surface area contributed by atoms with Gasteiger partial charge in [-0.3, -0.25) is 0 Å². The molecular weight excluding hydrogens is 382 g/mol. The minimum atomic E-state index is -1.23. The van der Waals surface area contributed by atoms with Crippen LogP contribution in [0.5, 0.6) is 5.75 Å². The molecule has 1 aromatic carbocycles. The lowest BCUT2D eigenvalue weighted by Crippen LogP contribution is -2.11. The third-order valence-electron chi connectivity index (χ3n) is 4.27. The number of hydrogen-bond donors (Lipinski definition) is 1. The molecule has 1 N–H and O–H groups in total. The first-order chi connectivity index (χ1) is 14.4. The van der Waals surface area contributed by atoms with E-state index in [2.05, 4.69) is 24.9 Å². The van der Waals surface area contributed by atoms with Crippen molar-refractivity contribution in [3.63, 3.8) is 0 Å². The summed E-state index contributed by atoms with van der Waals surface area (Å²) in [6, 6.07) is 10.7. The van der Waals surface area contributed by atoms with Crippen LogP contribution in [0.15, 0.2) is 65.9 Å². The molecule has 2 rings (SSSR count). The Balaban J connectivity index is 2.01. The lowest BCUT2D eigenvalue weighted by molar-refractivity contribution is 0.0545. The van der Waals surface area contributed by atoms with E-state index in [4.69, 9.17) is 9.47 Å². The van der Waals surface area contributed by atoms with Crippen molar-refractivity contribution in [2.75, 3.05) is 6.61 Å². The number of carboxylic acid groups (broad SMARTS) is 1. The smallest absolute Gasteiger partial charge is 0.358 e. The summed E-state index contributed by atoms with van der Waals surface area (Å²) in [6.45, 7) is 6.41. The van der Waals surface area contributed by atoms with Gasteiger partial charge < -0.3 is 14.6 Å². The van der Waals surface area contributed by atoms with Gasteiger partial charge in [0, 0.05) is 6.20 Å². The molecule has 6 nitrogen and oxygen atoms in total. The lowest BCUT2D eigenvalue weighted by atomic mass is 10.1. The standard InChI is InChI=1S/C24H27NO5/c1-17(2)8-7-9-18(3)12-13-29-24(28)20-14-21(22(23(26)27)25-15-20)30-16-19-10-5-4-6-11-19/h4-6,8,10-12,14-15H,7,9,13,16H2,1-3H3,(H,26,27)/b18-12+. The number of carbonyl (C=O) groups excluding carboxylic acids is 1. The van der Waals surface area contributed by atoms with Gasteiger partial charge in [-0.05, 0) is 51.3 Å². The van der Waals surface area contributed by atoms with Gasteiger partial charge in [0.1, 0.15) is 13.2 Å². The van der Waals surface area contributed by atoms with Gasteiger partial charge >= 0.3 is 11.9 Å². The molecule has 0 aliphatic heterocycles. The third kappa shape index (κ3) is 7.54. The molecule has 1 heterocycles. The third-order valence-corrected chi connectivity index (χ3v) is 4.27. The van der Waals surface area contributed by atoms with Crippen molar-refractivity contribution in [3.8, 4) is 5.75 Å². The highest BCUT2D eigenvalue weighted by molar-refractivity contribution is 5.93. The summed E-state index contributed by atoms with van der Waals surface area (Å²) < 4.78 is 10.9. The van der Waals surface area contributed by atoms with E-state index in [1.54, 1.807) is 0 Å². The normalized spacial score (nSPS) is 11.0. The number of aromatic carboxylic acids is 1.